The number of piperidine rings is 1. The van der Waals surface area contributed by atoms with E-state index in [1.54, 1.807) is 32.3 Å². The maximum atomic E-state index is 14.4. The maximum Gasteiger partial charge on any atom is 0.418 e. The number of fused-ring (bicyclic) bond motifs is 1. The Morgan fingerprint density at radius 3 is 2.28 bits per heavy atom. The number of alkyl halides is 3. The standard InChI is InChI=1S/C31H46F3N3O5Si/c1-19-11-22(38)12-20(37(19)27(39)41-28(2,3)4)17-40-23-13-24(31(32,33)34)26-25(14-23)35-18-36(26)21-15-30(8,16-21)42-43(9,10)29(5,6)7/h13-14,18-21H,11-12,15-17H2,1-10H3/t19-,20-,21?,30?/m0/s1. The Balaban J connectivity index is 1.57. The highest BCUT2D eigenvalue weighted by molar-refractivity contribution is 6.74. The first-order valence-corrected chi connectivity index (χ1v) is 17.8. The van der Waals surface area contributed by atoms with Crippen molar-refractivity contribution in [2.45, 2.75) is 135 Å². The van der Waals surface area contributed by atoms with Crippen LogP contribution in [0.1, 0.15) is 92.7 Å². The van der Waals surface area contributed by atoms with E-state index < -0.39 is 49.4 Å². The zero-order valence-corrected chi connectivity index (χ0v) is 28.0. The summed E-state index contributed by atoms with van der Waals surface area (Å²) in [5.41, 5.74) is -1.81. The second kappa shape index (κ2) is 11.1. The number of likely N-dealkylation sites (tertiary alicyclic amines) is 1. The number of carbonyl (C=O) groups is 2. The van der Waals surface area contributed by atoms with Crippen LogP contribution in [0.5, 0.6) is 5.75 Å². The first kappa shape index (κ1) is 33.3. The van der Waals surface area contributed by atoms with Gasteiger partial charge in [-0.25, -0.2) is 9.78 Å². The monoisotopic (exact) mass is 625 g/mol. The average Bonchev–Trinajstić information content (AvgIpc) is 3.20. The van der Waals surface area contributed by atoms with Gasteiger partial charge in [-0.2, -0.15) is 13.2 Å². The molecular formula is C31H46F3N3O5Si. The van der Waals surface area contributed by atoms with E-state index in [4.69, 9.17) is 13.9 Å². The summed E-state index contributed by atoms with van der Waals surface area (Å²) in [6, 6.07) is 1.18. The van der Waals surface area contributed by atoms with Gasteiger partial charge in [-0.05, 0) is 71.7 Å². The summed E-state index contributed by atoms with van der Waals surface area (Å²) in [6.07, 6.45) is -2.38. The number of ether oxygens (including phenoxy) is 2. The molecule has 0 unspecified atom stereocenters. The molecule has 1 saturated carbocycles. The fraction of sp³-hybridized carbons (Fsp3) is 0.710. The van der Waals surface area contributed by atoms with Crippen LogP contribution in [-0.4, -0.2) is 64.5 Å². The largest absolute Gasteiger partial charge is 0.491 e. The lowest BCUT2D eigenvalue weighted by Crippen LogP contribution is -2.54. The van der Waals surface area contributed by atoms with E-state index in [1.165, 1.54) is 17.3 Å². The summed E-state index contributed by atoms with van der Waals surface area (Å²) < 4.78 is 63.0. The van der Waals surface area contributed by atoms with Crippen LogP contribution in [0.25, 0.3) is 11.0 Å². The Bertz CT molecular complexity index is 1370. The van der Waals surface area contributed by atoms with Crippen molar-refractivity contribution in [2.24, 2.45) is 0 Å². The minimum absolute atomic E-state index is 0.0103. The Morgan fingerprint density at radius 2 is 1.72 bits per heavy atom. The van der Waals surface area contributed by atoms with Crippen LogP contribution in [0.3, 0.4) is 0 Å². The normalized spacial score (nSPS) is 25.6. The van der Waals surface area contributed by atoms with Crippen LogP contribution < -0.4 is 4.74 Å². The van der Waals surface area contributed by atoms with E-state index in [-0.39, 0.29) is 53.1 Å². The second-order valence-corrected chi connectivity index (χ2v) is 19.7. The van der Waals surface area contributed by atoms with Crippen molar-refractivity contribution in [1.29, 1.82) is 0 Å². The van der Waals surface area contributed by atoms with Crippen LogP contribution in [0.4, 0.5) is 18.0 Å². The third-order valence-corrected chi connectivity index (χ3v) is 13.5. The molecule has 1 amide bonds. The molecule has 240 valence electrons. The van der Waals surface area contributed by atoms with Crippen molar-refractivity contribution in [3.8, 4) is 5.75 Å². The van der Waals surface area contributed by atoms with Gasteiger partial charge < -0.3 is 18.5 Å². The summed E-state index contributed by atoms with van der Waals surface area (Å²) in [4.78, 5) is 31.1. The molecule has 0 bridgehead atoms. The predicted octanol–water partition coefficient (Wildman–Crippen LogP) is 7.91. The molecule has 2 aliphatic rings. The van der Waals surface area contributed by atoms with Gasteiger partial charge in [0.05, 0.1) is 34.6 Å². The number of aromatic nitrogens is 2. The Kier molecular flexibility index (Phi) is 8.58. The number of carbonyl (C=O) groups excluding carboxylic acids is 2. The molecule has 0 spiro atoms. The maximum absolute atomic E-state index is 14.4. The third kappa shape index (κ3) is 7.21. The molecule has 1 saturated heterocycles. The highest BCUT2D eigenvalue weighted by Gasteiger charge is 2.50. The molecule has 0 N–H and O–H groups in total. The Morgan fingerprint density at radius 1 is 1.09 bits per heavy atom. The third-order valence-electron chi connectivity index (χ3n) is 8.89. The number of nitrogens with zero attached hydrogens (tertiary/aromatic N) is 3. The Labute approximate surface area is 253 Å². The quantitative estimate of drug-likeness (QED) is 0.304. The lowest BCUT2D eigenvalue weighted by molar-refractivity contribution is -0.136. The number of imidazole rings is 1. The van der Waals surface area contributed by atoms with E-state index in [9.17, 15) is 22.8 Å². The highest BCUT2D eigenvalue weighted by Crippen LogP contribution is 2.50. The molecule has 0 radical (unpaired) electrons. The molecule has 8 nitrogen and oxygen atoms in total. The molecule has 1 aliphatic heterocycles. The summed E-state index contributed by atoms with van der Waals surface area (Å²) in [7, 11) is -2.06. The average molecular weight is 626 g/mol. The topological polar surface area (TPSA) is 82.9 Å². The van der Waals surface area contributed by atoms with Crippen molar-refractivity contribution in [1.82, 2.24) is 14.5 Å². The highest BCUT2D eigenvalue weighted by atomic mass is 28.4. The number of ketones is 1. The molecule has 1 aliphatic carbocycles. The van der Waals surface area contributed by atoms with Crippen molar-refractivity contribution in [2.75, 3.05) is 6.61 Å². The van der Waals surface area contributed by atoms with E-state index in [0.717, 1.165) is 6.07 Å². The minimum atomic E-state index is -4.65. The molecule has 1 aromatic carbocycles. The lowest BCUT2D eigenvalue weighted by Gasteiger charge is -2.52. The molecular weight excluding hydrogens is 579 g/mol. The number of amides is 1. The van der Waals surface area contributed by atoms with E-state index in [2.05, 4.69) is 38.8 Å². The van der Waals surface area contributed by atoms with Crippen molar-refractivity contribution >= 4 is 31.2 Å². The van der Waals surface area contributed by atoms with Gasteiger partial charge in [-0.15, -0.1) is 0 Å². The van der Waals surface area contributed by atoms with Crippen molar-refractivity contribution in [3.05, 3.63) is 24.0 Å². The van der Waals surface area contributed by atoms with E-state index >= 15 is 0 Å². The van der Waals surface area contributed by atoms with Gasteiger partial charge in [0.25, 0.3) is 0 Å². The number of hydrogen-bond acceptors (Lipinski definition) is 6. The second-order valence-electron chi connectivity index (χ2n) is 15.0. The number of rotatable bonds is 6. The molecule has 2 aromatic rings. The molecule has 12 heteroatoms. The van der Waals surface area contributed by atoms with Crippen LogP contribution in [-0.2, 0) is 20.1 Å². The summed E-state index contributed by atoms with van der Waals surface area (Å²) in [5.74, 6) is -0.0734. The number of halogens is 3. The molecule has 4 rings (SSSR count). The molecule has 2 fully saturated rings. The zero-order valence-electron chi connectivity index (χ0n) is 27.0. The minimum Gasteiger partial charge on any atom is -0.491 e. The van der Waals surface area contributed by atoms with Gasteiger partial charge in [-0.3, -0.25) is 9.69 Å². The summed E-state index contributed by atoms with van der Waals surface area (Å²) in [6.45, 7) is 19.7. The fourth-order valence-corrected chi connectivity index (χ4v) is 7.62. The number of Topliss-reactive ketones (excluding diaryl/α,β-unsaturated/α-hetero) is 1. The first-order valence-electron chi connectivity index (χ1n) is 14.9. The van der Waals surface area contributed by atoms with Crippen molar-refractivity contribution < 1.29 is 36.7 Å². The van der Waals surface area contributed by atoms with Gasteiger partial charge in [0.15, 0.2) is 8.32 Å². The van der Waals surface area contributed by atoms with Crippen LogP contribution >= 0.6 is 0 Å². The first-order chi connectivity index (χ1) is 19.5. The zero-order chi connectivity index (χ0) is 32.3. The van der Waals surface area contributed by atoms with E-state index in [1.807, 2.05) is 6.92 Å². The van der Waals surface area contributed by atoms with Gasteiger partial charge in [-0.1, -0.05) is 20.8 Å². The summed E-state index contributed by atoms with van der Waals surface area (Å²) >= 11 is 0. The van der Waals surface area contributed by atoms with Gasteiger partial charge in [0.2, 0.25) is 0 Å². The van der Waals surface area contributed by atoms with Crippen molar-refractivity contribution in [3.63, 3.8) is 0 Å². The number of benzene rings is 1. The SMILES string of the molecule is C[C@H]1CC(=O)C[C@@H](COc2cc(C(F)(F)F)c3c(c2)ncn3C2CC(C)(O[Si](C)(C)C(C)(C)C)C2)N1C(=O)OC(C)(C)C. The van der Waals surface area contributed by atoms with E-state index in [0.29, 0.717) is 12.8 Å². The van der Waals surface area contributed by atoms with Crippen LogP contribution in [0.2, 0.25) is 18.1 Å². The van der Waals surface area contributed by atoms with Gasteiger partial charge in [0.1, 0.15) is 23.7 Å². The Hall–Kier alpha value is -2.60. The predicted molar refractivity (Wildman–Crippen MR) is 161 cm³/mol. The number of hydrogen-bond donors (Lipinski definition) is 0. The molecule has 43 heavy (non-hydrogen) atoms. The fourth-order valence-electron chi connectivity index (χ4n) is 5.92. The molecule has 2 atom stereocenters. The molecule has 2 heterocycles. The van der Waals surface area contributed by atoms with Gasteiger partial charge >= 0.3 is 12.3 Å². The molecule has 1 aromatic heterocycles. The smallest absolute Gasteiger partial charge is 0.418 e. The van der Waals surface area contributed by atoms with Crippen LogP contribution in [0, 0.1) is 0 Å². The van der Waals surface area contributed by atoms with Crippen LogP contribution in [0.15, 0.2) is 18.5 Å². The van der Waals surface area contributed by atoms with Gasteiger partial charge in [0, 0.05) is 31.0 Å². The summed E-state index contributed by atoms with van der Waals surface area (Å²) in [5, 5.41) is 0.0234. The lowest BCUT2D eigenvalue weighted by atomic mass is 9.77.